The molecule has 2 nitrogen and oxygen atoms in total. The highest BCUT2D eigenvalue weighted by atomic mass is 16.5. The van der Waals surface area contributed by atoms with Crippen molar-refractivity contribution in [2.75, 3.05) is 6.61 Å². The minimum Gasteiger partial charge on any atom is -0.461 e. The number of allylic oxidation sites excluding steroid dienone is 9. The van der Waals surface area contributed by atoms with Crippen LogP contribution in [0.25, 0.3) is 0 Å². The molecule has 0 atom stereocenters. The Hall–Kier alpha value is -1.83. The maximum atomic E-state index is 11.7. The number of hydrogen-bond donors (Lipinski definition) is 0. The fourth-order valence-electron chi connectivity index (χ4n) is 3.17. The molecule has 1 aliphatic carbocycles. The van der Waals surface area contributed by atoms with Gasteiger partial charge in [0.25, 0.3) is 0 Å². The zero-order valence-corrected chi connectivity index (χ0v) is 18.6. The summed E-state index contributed by atoms with van der Waals surface area (Å²) in [6.07, 6.45) is 16.4. The van der Waals surface area contributed by atoms with Gasteiger partial charge < -0.3 is 4.74 Å². The van der Waals surface area contributed by atoms with Gasteiger partial charge in [0, 0.05) is 0 Å². The summed E-state index contributed by atoms with van der Waals surface area (Å²) in [7, 11) is 0. The van der Waals surface area contributed by atoms with Crippen molar-refractivity contribution in [2.24, 2.45) is 10.8 Å². The first-order valence-corrected chi connectivity index (χ1v) is 10.0. The summed E-state index contributed by atoms with van der Waals surface area (Å²) in [6.45, 7) is 17.0. The Kier molecular flexibility index (Phi) is 8.53. The quantitative estimate of drug-likeness (QED) is 0.368. The second-order valence-corrected chi connectivity index (χ2v) is 9.33. The molecule has 27 heavy (non-hydrogen) atoms. The van der Waals surface area contributed by atoms with Crippen LogP contribution in [0.15, 0.2) is 58.7 Å². The van der Waals surface area contributed by atoms with Crippen LogP contribution in [0.3, 0.4) is 0 Å². The van der Waals surface area contributed by atoms with Crippen molar-refractivity contribution in [2.45, 2.75) is 74.7 Å². The van der Waals surface area contributed by atoms with Crippen LogP contribution in [-0.2, 0) is 9.53 Å². The van der Waals surface area contributed by atoms with Gasteiger partial charge in [0.2, 0.25) is 0 Å². The van der Waals surface area contributed by atoms with Gasteiger partial charge in [0.15, 0.2) is 0 Å². The molecule has 0 aliphatic heterocycles. The first kappa shape index (κ1) is 23.2. The van der Waals surface area contributed by atoms with Gasteiger partial charge in [-0.3, -0.25) is 4.79 Å². The zero-order valence-electron chi connectivity index (χ0n) is 18.6. The van der Waals surface area contributed by atoms with Gasteiger partial charge in [-0.25, -0.2) is 0 Å². The van der Waals surface area contributed by atoms with E-state index in [1.54, 1.807) is 0 Å². The van der Waals surface area contributed by atoms with E-state index in [2.05, 4.69) is 45.9 Å². The number of carbonyl (C=O) groups excluding carboxylic acids is 1. The molecule has 0 spiro atoms. The molecule has 0 aromatic rings. The van der Waals surface area contributed by atoms with E-state index in [1.165, 1.54) is 36.0 Å². The highest BCUT2D eigenvalue weighted by Crippen LogP contribution is 2.40. The van der Waals surface area contributed by atoms with E-state index in [1.807, 2.05) is 45.9 Å². The lowest BCUT2D eigenvalue weighted by Crippen LogP contribution is -2.22. The number of rotatable bonds is 6. The van der Waals surface area contributed by atoms with Gasteiger partial charge in [-0.05, 0) is 77.9 Å². The molecule has 0 N–H and O–H groups in total. The lowest BCUT2D eigenvalue weighted by Gasteiger charge is -2.32. The Morgan fingerprint density at radius 3 is 2.41 bits per heavy atom. The summed E-state index contributed by atoms with van der Waals surface area (Å²) in [6, 6.07) is 0. The predicted octanol–water partition coefficient (Wildman–Crippen LogP) is 7.11. The van der Waals surface area contributed by atoms with Gasteiger partial charge in [-0.1, -0.05) is 60.9 Å². The van der Waals surface area contributed by atoms with Gasteiger partial charge in [-0.2, -0.15) is 0 Å². The molecular formula is C25H38O2. The largest absolute Gasteiger partial charge is 0.461 e. The molecule has 0 aromatic heterocycles. The third-order valence-electron chi connectivity index (χ3n) is 5.01. The van der Waals surface area contributed by atoms with E-state index in [9.17, 15) is 4.79 Å². The van der Waals surface area contributed by atoms with Gasteiger partial charge in [0.05, 0.1) is 5.41 Å². The molecule has 0 unspecified atom stereocenters. The SMILES string of the molecule is CC1=C(/C=C/C(C)=C\C=C\C(C)=C/COC(=O)C(C)(C)C)C(C)(C)CCC1. The van der Waals surface area contributed by atoms with E-state index in [0.717, 1.165) is 5.57 Å². The first-order valence-electron chi connectivity index (χ1n) is 10.0. The predicted molar refractivity (Wildman–Crippen MR) is 117 cm³/mol. The van der Waals surface area contributed by atoms with Crippen molar-refractivity contribution in [1.82, 2.24) is 0 Å². The van der Waals surface area contributed by atoms with Crippen molar-refractivity contribution >= 4 is 5.97 Å². The van der Waals surface area contributed by atoms with Gasteiger partial charge >= 0.3 is 5.97 Å². The summed E-state index contributed by atoms with van der Waals surface area (Å²) in [5, 5.41) is 0. The highest BCUT2D eigenvalue weighted by Gasteiger charge is 2.26. The Balaban J connectivity index is 2.62. The van der Waals surface area contributed by atoms with E-state index in [0.29, 0.717) is 6.61 Å². The Labute approximate surface area is 166 Å². The monoisotopic (exact) mass is 370 g/mol. The van der Waals surface area contributed by atoms with Crippen LogP contribution in [0.5, 0.6) is 0 Å². The van der Waals surface area contributed by atoms with E-state index >= 15 is 0 Å². The lowest BCUT2D eigenvalue weighted by molar-refractivity contribution is -0.151. The summed E-state index contributed by atoms with van der Waals surface area (Å²) in [5.41, 5.74) is 5.14. The molecule has 1 rings (SSSR count). The van der Waals surface area contributed by atoms with Crippen molar-refractivity contribution < 1.29 is 9.53 Å². The third kappa shape index (κ3) is 8.15. The van der Waals surface area contributed by atoms with Crippen LogP contribution in [0.4, 0.5) is 0 Å². The van der Waals surface area contributed by atoms with Gasteiger partial charge in [0.1, 0.15) is 6.61 Å². The Morgan fingerprint density at radius 1 is 1.15 bits per heavy atom. The standard InChI is InChI=1S/C25H38O2/c1-19(14-15-22-21(3)13-10-17-25(22,7)8)11-9-12-20(2)16-18-27-23(26)24(4,5)6/h9,11-12,14-16H,10,13,17-18H2,1-8H3/b12-9+,15-14+,19-11-,20-16-. The highest BCUT2D eigenvalue weighted by molar-refractivity contribution is 5.75. The van der Waals surface area contributed by atoms with Crippen molar-refractivity contribution in [3.05, 3.63) is 58.7 Å². The maximum absolute atomic E-state index is 11.7. The fourth-order valence-corrected chi connectivity index (χ4v) is 3.17. The molecular weight excluding hydrogens is 332 g/mol. The van der Waals surface area contributed by atoms with Gasteiger partial charge in [-0.15, -0.1) is 0 Å². The minimum atomic E-state index is -0.454. The maximum Gasteiger partial charge on any atom is 0.311 e. The van der Waals surface area contributed by atoms with Crippen LogP contribution in [-0.4, -0.2) is 12.6 Å². The normalized spacial score (nSPS) is 19.3. The first-order chi connectivity index (χ1) is 12.4. The molecule has 1 aliphatic rings. The van der Waals surface area contributed by atoms with Crippen LogP contribution in [0.2, 0.25) is 0 Å². The van der Waals surface area contributed by atoms with E-state index in [4.69, 9.17) is 4.74 Å². The smallest absolute Gasteiger partial charge is 0.311 e. The Morgan fingerprint density at radius 2 is 1.81 bits per heavy atom. The second-order valence-electron chi connectivity index (χ2n) is 9.33. The summed E-state index contributed by atoms with van der Waals surface area (Å²) in [5.74, 6) is -0.174. The van der Waals surface area contributed by atoms with Crippen molar-refractivity contribution in [3.8, 4) is 0 Å². The van der Waals surface area contributed by atoms with Crippen LogP contribution in [0.1, 0.15) is 74.7 Å². The average Bonchev–Trinajstić information content (AvgIpc) is 2.52. The number of ether oxygens (including phenoxy) is 1. The molecule has 0 amide bonds. The molecule has 0 bridgehead atoms. The summed E-state index contributed by atoms with van der Waals surface area (Å²) >= 11 is 0. The number of hydrogen-bond acceptors (Lipinski definition) is 2. The van der Waals surface area contributed by atoms with Crippen molar-refractivity contribution in [1.29, 1.82) is 0 Å². The van der Waals surface area contributed by atoms with Crippen LogP contribution < -0.4 is 0 Å². The number of esters is 1. The third-order valence-corrected chi connectivity index (χ3v) is 5.01. The zero-order chi connectivity index (χ0) is 20.7. The molecule has 0 radical (unpaired) electrons. The summed E-state index contributed by atoms with van der Waals surface area (Å²) < 4.78 is 5.26. The average molecular weight is 371 g/mol. The second kappa shape index (κ2) is 9.92. The van der Waals surface area contributed by atoms with E-state index in [-0.39, 0.29) is 11.4 Å². The molecule has 0 saturated heterocycles. The molecule has 150 valence electrons. The molecule has 0 saturated carbocycles. The molecule has 0 heterocycles. The summed E-state index contributed by atoms with van der Waals surface area (Å²) in [4.78, 5) is 11.7. The van der Waals surface area contributed by atoms with E-state index < -0.39 is 5.41 Å². The fraction of sp³-hybridized carbons (Fsp3) is 0.560. The van der Waals surface area contributed by atoms with Crippen molar-refractivity contribution in [3.63, 3.8) is 0 Å². The minimum absolute atomic E-state index is 0.174. The molecule has 0 fully saturated rings. The topological polar surface area (TPSA) is 26.3 Å². The number of carbonyl (C=O) groups is 1. The Bertz CT molecular complexity index is 674. The molecule has 2 heteroatoms. The van der Waals surface area contributed by atoms with Crippen LogP contribution in [0, 0.1) is 10.8 Å². The van der Waals surface area contributed by atoms with Crippen LogP contribution >= 0.6 is 0 Å². The lowest BCUT2D eigenvalue weighted by atomic mass is 9.72. The molecule has 0 aromatic carbocycles.